The minimum absolute atomic E-state index is 0.0152. The largest absolute Gasteiger partial charge is 0.493 e. The number of benzene rings is 1. The van der Waals surface area contributed by atoms with E-state index in [1.54, 1.807) is 30.3 Å². The summed E-state index contributed by atoms with van der Waals surface area (Å²) in [5.41, 5.74) is 1.40. The molecule has 0 radical (unpaired) electrons. The van der Waals surface area contributed by atoms with E-state index in [0.29, 0.717) is 40.6 Å². The zero-order chi connectivity index (χ0) is 28.4. The number of ether oxygens (including phenoxy) is 3. The molecule has 2 N–H and O–H groups in total. The predicted molar refractivity (Wildman–Crippen MR) is 152 cm³/mol. The number of carbonyl (C=O) groups excluding carboxylic acids is 2. The van der Waals surface area contributed by atoms with E-state index in [-0.39, 0.29) is 30.6 Å². The van der Waals surface area contributed by atoms with Gasteiger partial charge in [0.15, 0.2) is 11.5 Å². The highest BCUT2D eigenvalue weighted by atomic mass is 16.5. The molecule has 1 aromatic heterocycles. The van der Waals surface area contributed by atoms with Gasteiger partial charge in [-0.2, -0.15) is 4.98 Å². The molecule has 3 atom stereocenters. The number of carbonyl (C=O) groups is 2. The van der Waals surface area contributed by atoms with E-state index in [1.807, 2.05) is 0 Å². The molecule has 11 heteroatoms. The molecule has 1 unspecified atom stereocenters. The van der Waals surface area contributed by atoms with Gasteiger partial charge in [-0.05, 0) is 37.2 Å². The first-order valence-corrected chi connectivity index (χ1v) is 13.8. The standard InChI is InChI=1S/C29H38N6O5/c1-6-25(36)31-22-12-18(17-8-7-9-17)10-11-21(22)32-28-30-15-19-16-35(29(37)34(2)27(19)33-28)20-13-23(38-3)26(40-5)24(14-20)39-4/h6,13-15,17-18,21-22H,1,7-12,16H2,2-5H3,(H,31,36)(H,30,32,33)/t18?,21-,22+/m1/s1. The molecule has 3 aliphatic rings. The zero-order valence-electron chi connectivity index (χ0n) is 23.6. The SMILES string of the molecule is C=CC(=O)N[C@H]1CC(C2CCC2)CC[C@H]1Nc1ncc2c(n1)N(C)C(=O)N(c1cc(OC)c(OC)c(OC)c1)C2. The van der Waals surface area contributed by atoms with E-state index in [1.165, 1.54) is 51.6 Å². The molecule has 2 aliphatic carbocycles. The number of nitrogens with one attached hydrogen (secondary N) is 2. The van der Waals surface area contributed by atoms with Crippen LogP contribution in [0.5, 0.6) is 17.2 Å². The molecule has 1 aliphatic heterocycles. The predicted octanol–water partition coefficient (Wildman–Crippen LogP) is 4.13. The molecule has 0 bridgehead atoms. The van der Waals surface area contributed by atoms with Crippen molar-refractivity contribution < 1.29 is 23.8 Å². The van der Waals surface area contributed by atoms with Gasteiger partial charge in [0.1, 0.15) is 5.82 Å². The van der Waals surface area contributed by atoms with Gasteiger partial charge in [-0.3, -0.25) is 14.6 Å². The van der Waals surface area contributed by atoms with Gasteiger partial charge in [-0.25, -0.2) is 9.78 Å². The van der Waals surface area contributed by atoms with Crippen molar-refractivity contribution in [3.05, 3.63) is 36.5 Å². The monoisotopic (exact) mass is 550 g/mol. The van der Waals surface area contributed by atoms with E-state index >= 15 is 0 Å². The van der Waals surface area contributed by atoms with Crippen molar-refractivity contribution in [2.45, 2.75) is 57.2 Å². The molecule has 5 rings (SSSR count). The van der Waals surface area contributed by atoms with Crippen molar-refractivity contribution in [2.75, 3.05) is 43.5 Å². The Morgan fingerprint density at radius 1 is 1.05 bits per heavy atom. The minimum Gasteiger partial charge on any atom is -0.493 e. The van der Waals surface area contributed by atoms with Gasteiger partial charge in [0.05, 0.1) is 33.6 Å². The normalized spacial score (nSPS) is 22.6. The fourth-order valence-electron chi connectivity index (χ4n) is 6.09. The second-order valence-corrected chi connectivity index (χ2v) is 10.7. The minimum atomic E-state index is -0.247. The maximum atomic E-state index is 13.5. The van der Waals surface area contributed by atoms with Gasteiger partial charge in [0.25, 0.3) is 0 Å². The van der Waals surface area contributed by atoms with Crippen LogP contribution in [-0.4, -0.2) is 62.4 Å². The molecule has 40 heavy (non-hydrogen) atoms. The molecule has 214 valence electrons. The van der Waals surface area contributed by atoms with Crippen molar-refractivity contribution in [1.29, 1.82) is 0 Å². The summed E-state index contributed by atoms with van der Waals surface area (Å²) in [5.74, 6) is 3.56. The summed E-state index contributed by atoms with van der Waals surface area (Å²) in [7, 11) is 6.31. The van der Waals surface area contributed by atoms with Crippen LogP contribution < -0.4 is 34.6 Å². The number of urea groups is 1. The van der Waals surface area contributed by atoms with E-state index in [0.717, 1.165) is 30.7 Å². The Hall–Kier alpha value is -4.02. The molecule has 0 spiro atoms. The van der Waals surface area contributed by atoms with E-state index < -0.39 is 0 Å². The summed E-state index contributed by atoms with van der Waals surface area (Å²) in [6.45, 7) is 3.90. The molecule has 1 aromatic carbocycles. The van der Waals surface area contributed by atoms with Gasteiger partial charge >= 0.3 is 6.03 Å². The molecule has 2 fully saturated rings. The van der Waals surface area contributed by atoms with E-state index in [9.17, 15) is 9.59 Å². The molecular formula is C29H38N6O5. The highest BCUT2D eigenvalue weighted by Crippen LogP contribution is 2.43. The number of methoxy groups -OCH3 is 3. The Morgan fingerprint density at radius 3 is 2.38 bits per heavy atom. The number of hydrogen-bond acceptors (Lipinski definition) is 8. The van der Waals surface area contributed by atoms with Crippen LogP contribution >= 0.6 is 0 Å². The Kier molecular flexibility index (Phi) is 7.99. The Labute approximate surface area is 234 Å². The Morgan fingerprint density at radius 2 is 1.77 bits per heavy atom. The second-order valence-electron chi connectivity index (χ2n) is 10.7. The molecule has 3 amide bonds. The van der Waals surface area contributed by atoms with Crippen LogP contribution in [0.3, 0.4) is 0 Å². The third-order valence-electron chi connectivity index (χ3n) is 8.50. The summed E-state index contributed by atoms with van der Waals surface area (Å²) in [5, 5.41) is 6.58. The lowest BCUT2D eigenvalue weighted by Crippen LogP contribution is -2.51. The first kappa shape index (κ1) is 27.5. The van der Waals surface area contributed by atoms with Gasteiger partial charge in [-0.1, -0.05) is 25.8 Å². The third-order valence-corrected chi connectivity index (χ3v) is 8.50. The van der Waals surface area contributed by atoms with Crippen molar-refractivity contribution in [3.63, 3.8) is 0 Å². The molecular weight excluding hydrogens is 512 g/mol. The van der Waals surface area contributed by atoms with E-state index in [2.05, 4.69) is 22.2 Å². The number of fused-ring (bicyclic) bond motifs is 1. The van der Waals surface area contributed by atoms with Gasteiger partial charge in [0.2, 0.25) is 17.6 Å². The summed E-state index contributed by atoms with van der Waals surface area (Å²) >= 11 is 0. The molecule has 11 nitrogen and oxygen atoms in total. The Bertz CT molecular complexity index is 1260. The molecule has 2 heterocycles. The lowest BCUT2D eigenvalue weighted by atomic mass is 9.68. The van der Waals surface area contributed by atoms with Gasteiger partial charge in [-0.15, -0.1) is 0 Å². The number of anilines is 3. The number of aromatic nitrogens is 2. The number of rotatable bonds is 9. The van der Waals surface area contributed by atoms with Gasteiger partial charge < -0.3 is 24.8 Å². The summed E-state index contributed by atoms with van der Waals surface area (Å²) in [4.78, 5) is 38.2. The third kappa shape index (κ3) is 5.24. The highest BCUT2D eigenvalue weighted by Gasteiger charge is 2.38. The zero-order valence-corrected chi connectivity index (χ0v) is 23.6. The number of amides is 3. The van der Waals surface area contributed by atoms with Crippen molar-refractivity contribution in [2.24, 2.45) is 11.8 Å². The molecule has 0 saturated heterocycles. The summed E-state index contributed by atoms with van der Waals surface area (Å²) in [6.07, 6.45) is 9.88. The van der Waals surface area contributed by atoms with Gasteiger partial charge in [0, 0.05) is 43.0 Å². The quantitative estimate of drug-likeness (QED) is 0.448. The first-order valence-electron chi connectivity index (χ1n) is 13.8. The second kappa shape index (κ2) is 11.6. The van der Waals surface area contributed by atoms with Crippen LogP contribution in [0.25, 0.3) is 0 Å². The summed E-state index contributed by atoms with van der Waals surface area (Å²) in [6, 6.07) is 3.18. The highest BCUT2D eigenvalue weighted by molar-refractivity contribution is 6.05. The van der Waals surface area contributed by atoms with Crippen LogP contribution in [-0.2, 0) is 11.3 Å². The molecule has 2 aromatic rings. The van der Waals surface area contributed by atoms with Crippen LogP contribution in [0.2, 0.25) is 0 Å². The topological polar surface area (TPSA) is 118 Å². The van der Waals surface area contributed by atoms with Crippen LogP contribution in [0.4, 0.5) is 22.2 Å². The first-order chi connectivity index (χ1) is 19.4. The van der Waals surface area contributed by atoms with Crippen LogP contribution in [0, 0.1) is 11.8 Å². The average Bonchev–Trinajstić information content (AvgIpc) is 2.94. The summed E-state index contributed by atoms with van der Waals surface area (Å²) < 4.78 is 16.4. The van der Waals surface area contributed by atoms with Crippen molar-refractivity contribution in [3.8, 4) is 17.2 Å². The maximum Gasteiger partial charge on any atom is 0.330 e. The fraction of sp³-hybridized carbons (Fsp3) is 0.517. The number of hydrogen-bond donors (Lipinski definition) is 2. The number of nitrogens with zero attached hydrogens (tertiary/aromatic N) is 4. The Balaban J connectivity index is 1.36. The lowest BCUT2D eigenvalue weighted by Gasteiger charge is -2.42. The fourth-order valence-corrected chi connectivity index (χ4v) is 6.09. The van der Waals surface area contributed by atoms with Crippen molar-refractivity contribution >= 4 is 29.4 Å². The van der Waals surface area contributed by atoms with Crippen molar-refractivity contribution in [1.82, 2.24) is 15.3 Å². The van der Waals surface area contributed by atoms with Crippen LogP contribution in [0.15, 0.2) is 31.0 Å². The van der Waals surface area contributed by atoms with Crippen LogP contribution in [0.1, 0.15) is 44.1 Å². The lowest BCUT2D eigenvalue weighted by molar-refractivity contribution is -0.117. The molecule has 2 saturated carbocycles. The van der Waals surface area contributed by atoms with E-state index in [4.69, 9.17) is 19.2 Å². The maximum absolute atomic E-state index is 13.5. The smallest absolute Gasteiger partial charge is 0.330 e. The average molecular weight is 551 g/mol.